The van der Waals surface area contributed by atoms with Gasteiger partial charge in [-0.15, -0.1) is 0 Å². The average Bonchev–Trinajstić information content (AvgIpc) is 2.78. The van der Waals surface area contributed by atoms with Crippen molar-refractivity contribution in [1.29, 1.82) is 0 Å². The highest BCUT2D eigenvalue weighted by molar-refractivity contribution is 5.82. The van der Waals surface area contributed by atoms with Crippen molar-refractivity contribution < 1.29 is 18.7 Å². The third-order valence-corrected chi connectivity index (χ3v) is 4.90. The number of benzene rings is 2. The van der Waals surface area contributed by atoms with E-state index in [1.165, 1.54) is 30.0 Å². The SMILES string of the molecule is O=C(CCOc1ccc(F)cc1)NNC(=O)CCN1CCN(c2ccccc2)CC1. The first-order valence-corrected chi connectivity index (χ1v) is 10.1. The summed E-state index contributed by atoms with van der Waals surface area (Å²) in [6.45, 7) is 4.44. The maximum absolute atomic E-state index is 12.8. The number of nitrogens with zero attached hydrogens (tertiary/aromatic N) is 2. The Bertz CT molecular complexity index is 809. The molecule has 2 aromatic carbocycles. The monoisotopic (exact) mass is 414 g/mol. The van der Waals surface area contributed by atoms with Crippen LogP contribution in [0.5, 0.6) is 5.75 Å². The lowest BCUT2D eigenvalue weighted by atomic mass is 10.2. The summed E-state index contributed by atoms with van der Waals surface area (Å²) in [5, 5.41) is 0. The van der Waals surface area contributed by atoms with Crippen molar-refractivity contribution in [2.75, 3.05) is 44.2 Å². The van der Waals surface area contributed by atoms with Gasteiger partial charge in [-0.25, -0.2) is 4.39 Å². The van der Waals surface area contributed by atoms with Gasteiger partial charge in [-0.2, -0.15) is 0 Å². The normalized spacial score (nSPS) is 14.2. The van der Waals surface area contributed by atoms with Gasteiger partial charge in [-0.3, -0.25) is 25.3 Å². The van der Waals surface area contributed by atoms with Gasteiger partial charge in [-0.1, -0.05) is 18.2 Å². The molecule has 1 heterocycles. The number of hydrogen-bond acceptors (Lipinski definition) is 5. The van der Waals surface area contributed by atoms with Crippen LogP contribution in [0.2, 0.25) is 0 Å². The molecule has 0 unspecified atom stereocenters. The fourth-order valence-electron chi connectivity index (χ4n) is 3.18. The Balaban J connectivity index is 1.25. The number of piperazine rings is 1. The molecule has 160 valence electrons. The predicted octanol–water partition coefficient (Wildman–Crippen LogP) is 1.95. The van der Waals surface area contributed by atoms with Crippen molar-refractivity contribution in [3.63, 3.8) is 0 Å². The van der Waals surface area contributed by atoms with E-state index >= 15 is 0 Å². The van der Waals surface area contributed by atoms with Gasteiger partial charge in [-0.05, 0) is 36.4 Å². The smallest absolute Gasteiger partial charge is 0.241 e. The maximum atomic E-state index is 12.8. The molecule has 0 radical (unpaired) electrons. The molecule has 0 bridgehead atoms. The van der Waals surface area contributed by atoms with Gasteiger partial charge in [0.1, 0.15) is 11.6 Å². The van der Waals surface area contributed by atoms with Gasteiger partial charge in [0.15, 0.2) is 0 Å². The Labute approximate surface area is 175 Å². The summed E-state index contributed by atoms with van der Waals surface area (Å²) in [4.78, 5) is 28.3. The molecule has 2 amide bonds. The van der Waals surface area contributed by atoms with E-state index < -0.39 is 0 Å². The van der Waals surface area contributed by atoms with Crippen molar-refractivity contribution in [1.82, 2.24) is 15.8 Å². The highest BCUT2D eigenvalue weighted by Crippen LogP contribution is 2.15. The van der Waals surface area contributed by atoms with Crippen molar-refractivity contribution in [2.24, 2.45) is 0 Å². The number of anilines is 1. The van der Waals surface area contributed by atoms with Crippen LogP contribution in [-0.4, -0.2) is 56.0 Å². The summed E-state index contributed by atoms with van der Waals surface area (Å²) in [6.07, 6.45) is 0.400. The summed E-state index contributed by atoms with van der Waals surface area (Å²) in [7, 11) is 0. The molecule has 0 aromatic heterocycles. The fourth-order valence-corrected chi connectivity index (χ4v) is 3.18. The molecule has 7 nitrogen and oxygen atoms in total. The molecule has 30 heavy (non-hydrogen) atoms. The summed E-state index contributed by atoms with van der Waals surface area (Å²) in [6, 6.07) is 15.9. The minimum Gasteiger partial charge on any atom is -0.493 e. The third kappa shape index (κ3) is 7.04. The molecular weight excluding hydrogens is 387 g/mol. The molecule has 2 N–H and O–H groups in total. The number of hydrazine groups is 1. The number of carbonyl (C=O) groups is 2. The Morgan fingerprint density at radius 3 is 2.17 bits per heavy atom. The molecule has 0 aliphatic carbocycles. The number of ether oxygens (including phenoxy) is 1. The standard InChI is InChI=1S/C22H27FN4O3/c23-18-6-8-20(9-7-18)30-17-11-22(29)25-24-21(28)10-12-26-13-15-27(16-14-26)19-4-2-1-3-5-19/h1-9H,10-17H2,(H,24,28)(H,25,29). The fraction of sp³-hybridized carbons (Fsp3) is 0.364. The van der Waals surface area contributed by atoms with E-state index in [0.29, 0.717) is 18.7 Å². The number of nitrogens with one attached hydrogen (secondary N) is 2. The van der Waals surface area contributed by atoms with Gasteiger partial charge in [0.05, 0.1) is 13.0 Å². The summed E-state index contributed by atoms with van der Waals surface area (Å²) in [5.41, 5.74) is 6.04. The number of carbonyl (C=O) groups excluding carboxylic acids is 2. The molecule has 2 aromatic rings. The lowest BCUT2D eigenvalue weighted by Gasteiger charge is -2.36. The zero-order valence-electron chi connectivity index (χ0n) is 16.9. The first-order valence-electron chi connectivity index (χ1n) is 10.1. The molecule has 0 atom stereocenters. The van der Waals surface area contributed by atoms with E-state index in [9.17, 15) is 14.0 Å². The minimum absolute atomic E-state index is 0.0824. The molecule has 3 rings (SSSR count). The van der Waals surface area contributed by atoms with Crippen LogP contribution in [0.4, 0.5) is 10.1 Å². The van der Waals surface area contributed by atoms with Gasteiger partial charge < -0.3 is 9.64 Å². The van der Waals surface area contributed by atoms with E-state index in [1.807, 2.05) is 18.2 Å². The Hall–Kier alpha value is -3.13. The maximum Gasteiger partial charge on any atom is 0.241 e. The summed E-state index contributed by atoms with van der Waals surface area (Å²) < 4.78 is 18.2. The molecule has 1 aliphatic heterocycles. The Kier molecular flexibility index (Phi) is 8.02. The second-order valence-corrected chi connectivity index (χ2v) is 7.06. The van der Waals surface area contributed by atoms with Crippen LogP contribution in [0.3, 0.4) is 0 Å². The topological polar surface area (TPSA) is 73.9 Å². The van der Waals surface area contributed by atoms with Crippen molar-refractivity contribution in [3.05, 3.63) is 60.4 Å². The van der Waals surface area contributed by atoms with Crippen LogP contribution < -0.4 is 20.5 Å². The molecule has 0 spiro atoms. The summed E-state index contributed by atoms with van der Waals surface area (Å²) >= 11 is 0. The second kappa shape index (κ2) is 11.2. The number of hydrogen-bond donors (Lipinski definition) is 2. The molecule has 0 saturated carbocycles. The molecule has 1 saturated heterocycles. The van der Waals surface area contributed by atoms with Crippen molar-refractivity contribution in [2.45, 2.75) is 12.8 Å². The minimum atomic E-state index is -0.346. The van der Waals surface area contributed by atoms with Crippen LogP contribution in [-0.2, 0) is 9.59 Å². The van der Waals surface area contributed by atoms with Crippen LogP contribution in [0.25, 0.3) is 0 Å². The molecular formula is C22H27FN4O3. The number of rotatable bonds is 8. The highest BCUT2D eigenvalue weighted by Gasteiger charge is 2.17. The van der Waals surface area contributed by atoms with E-state index in [0.717, 1.165) is 26.2 Å². The molecule has 1 fully saturated rings. The van der Waals surface area contributed by atoms with E-state index in [4.69, 9.17) is 4.74 Å². The predicted molar refractivity (Wildman–Crippen MR) is 113 cm³/mol. The Morgan fingerprint density at radius 2 is 1.50 bits per heavy atom. The van der Waals surface area contributed by atoms with E-state index in [-0.39, 0.29) is 30.7 Å². The summed E-state index contributed by atoms with van der Waals surface area (Å²) in [5.74, 6) is -0.434. The lowest BCUT2D eigenvalue weighted by Crippen LogP contribution is -2.48. The number of halogens is 1. The van der Waals surface area contributed by atoms with Crippen LogP contribution in [0, 0.1) is 5.82 Å². The zero-order chi connectivity index (χ0) is 21.2. The zero-order valence-corrected chi connectivity index (χ0v) is 16.9. The number of amides is 2. The average molecular weight is 414 g/mol. The van der Waals surface area contributed by atoms with E-state index in [2.05, 4.69) is 32.8 Å². The van der Waals surface area contributed by atoms with E-state index in [1.54, 1.807) is 0 Å². The quantitative estimate of drug-likeness (QED) is 0.646. The molecule has 1 aliphatic rings. The second-order valence-electron chi connectivity index (χ2n) is 7.06. The van der Waals surface area contributed by atoms with Gasteiger partial charge in [0.25, 0.3) is 0 Å². The van der Waals surface area contributed by atoms with Crippen LogP contribution >= 0.6 is 0 Å². The van der Waals surface area contributed by atoms with Gasteiger partial charge in [0.2, 0.25) is 11.8 Å². The largest absolute Gasteiger partial charge is 0.493 e. The lowest BCUT2D eigenvalue weighted by molar-refractivity contribution is -0.129. The van der Waals surface area contributed by atoms with Gasteiger partial charge >= 0.3 is 0 Å². The third-order valence-electron chi connectivity index (χ3n) is 4.90. The van der Waals surface area contributed by atoms with Crippen LogP contribution in [0.15, 0.2) is 54.6 Å². The Morgan fingerprint density at radius 1 is 0.867 bits per heavy atom. The van der Waals surface area contributed by atoms with Crippen LogP contribution in [0.1, 0.15) is 12.8 Å². The highest BCUT2D eigenvalue weighted by atomic mass is 19.1. The molecule has 8 heteroatoms. The number of para-hydroxylation sites is 1. The first kappa shape index (κ1) is 21.6. The van der Waals surface area contributed by atoms with Gasteiger partial charge in [0, 0.05) is 44.8 Å². The van der Waals surface area contributed by atoms with Crippen molar-refractivity contribution >= 4 is 17.5 Å². The van der Waals surface area contributed by atoms with Crippen molar-refractivity contribution in [3.8, 4) is 5.75 Å². The first-order chi connectivity index (χ1) is 14.6.